The van der Waals surface area contributed by atoms with Crippen molar-refractivity contribution in [3.05, 3.63) is 0 Å². The van der Waals surface area contributed by atoms with Crippen LogP contribution in [0.1, 0.15) is 32.6 Å². The third-order valence-corrected chi connectivity index (χ3v) is 5.29. The van der Waals surface area contributed by atoms with Crippen molar-refractivity contribution < 1.29 is 14.7 Å². The zero-order chi connectivity index (χ0) is 13.6. The Morgan fingerprint density at radius 3 is 2.79 bits per heavy atom. The summed E-state index contributed by atoms with van der Waals surface area (Å²) < 4.78 is 0. The zero-order valence-electron chi connectivity index (χ0n) is 11.4. The minimum absolute atomic E-state index is 0.0410. The van der Waals surface area contributed by atoms with Gasteiger partial charge in [0.1, 0.15) is 6.04 Å². The van der Waals surface area contributed by atoms with Gasteiger partial charge in [-0.15, -0.1) is 0 Å². The van der Waals surface area contributed by atoms with E-state index in [0.717, 1.165) is 32.2 Å². The van der Waals surface area contributed by atoms with Gasteiger partial charge in [-0.3, -0.25) is 4.79 Å². The van der Waals surface area contributed by atoms with Crippen LogP contribution < -0.4 is 5.32 Å². The number of hydrogen-bond donors (Lipinski definition) is 2. The predicted molar refractivity (Wildman–Crippen MR) is 69.6 cm³/mol. The molecule has 4 atom stereocenters. The Morgan fingerprint density at radius 1 is 1.37 bits per heavy atom. The number of nitrogens with one attached hydrogen (secondary N) is 1. The molecule has 0 aromatic carbocycles. The lowest BCUT2D eigenvalue weighted by Gasteiger charge is -2.32. The predicted octanol–water partition coefficient (Wildman–Crippen LogP) is 0.698. The maximum absolute atomic E-state index is 12.7. The lowest BCUT2D eigenvalue weighted by Crippen LogP contribution is -2.50. The van der Waals surface area contributed by atoms with Crippen molar-refractivity contribution in [2.45, 2.75) is 38.6 Å². The summed E-state index contributed by atoms with van der Waals surface area (Å²) in [5.74, 6) is -0.195. The molecule has 3 rings (SSSR count). The molecule has 2 aliphatic heterocycles. The molecular weight excluding hydrogens is 244 g/mol. The second-order valence-electron chi connectivity index (χ2n) is 6.58. The molecule has 0 aromatic heterocycles. The minimum atomic E-state index is -0.822. The molecule has 0 spiro atoms. The second-order valence-corrected chi connectivity index (χ2v) is 6.58. The molecule has 2 heterocycles. The molecular formula is C14H22N2O3. The van der Waals surface area contributed by atoms with Gasteiger partial charge in [-0.2, -0.15) is 0 Å². The highest BCUT2D eigenvalue weighted by Crippen LogP contribution is 2.44. The van der Waals surface area contributed by atoms with E-state index >= 15 is 0 Å². The topological polar surface area (TPSA) is 69.6 Å². The Hall–Kier alpha value is -1.10. The fraction of sp³-hybridized carbons (Fsp3) is 0.857. The van der Waals surface area contributed by atoms with Crippen molar-refractivity contribution in [2.24, 2.45) is 17.3 Å². The molecule has 0 aromatic rings. The van der Waals surface area contributed by atoms with Gasteiger partial charge >= 0.3 is 5.97 Å². The number of amides is 1. The summed E-state index contributed by atoms with van der Waals surface area (Å²) in [6.45, 7) is 4.13. The smallest absolute Gasteiger partial charge is 0.326 e. The molecule has 2 saturated heterocycles. The van der Waals surface area contributed by atoms with Gasteiger partial charge in [0.25, 0.3) is 0 Å². The summed E-state index contributed by atoms with van der Waals surface area (Å²) in [7, 11) is 0. The third kappa shape index (κ3) is 1.95. The number of carboxylic acid groups (broad SMARTS) is 1. The van der Waals surface area contributed by atoms with Crippen LogP contribution in [0.5, 0.6) is 0 Å². The van der Waals surface area contributed by atoms with Gasteiger partial charge in [0.15, 0.2) is 0 Å². The summed E-state index contributed by atoms with van der Waals surface area (Å²) in [6.07, 6.45) is 3.96. The van der Waals surface area contributed by atoms with E-state index in [1.807, 2.05) is 6.92 Å². The lowest BCUT2D eigenvalue weighted by molar-refractivity contribution is -0.153. The number of carbonyl (C=O) groups excluding carboxylic acids is 1. The summed E-state index contributed by atoms with van der Waals surface area (Å²) in [5.41, 5.74) is -0.410. The zero-order valence-corrected chi connectivity index (χ0v) is 11.4. The van der Waals surface area contributed by atoms with Crippen LogP contribution in [0.2, 0.25) is 0 Å². The van der Waals surface area contributed by atoms with Gasteiger partial charge in [-0.25, -0.2) is 4.79 Å². The van der Waals surface area contributed by atoms with E-state index < -0.39 is 17.4 Å². The first-order chi connectivity index (χ1) is 9.03. The van der Waals surface area contributed by atoms with E-state index in [0.29, 0.717) is 19.0 Å². The molecule has 0 bridgehead atoms. The summed E-state index contributed by atoms with van der Waals surface area (Å²) in [4.78, 5) is 26.0. The number of nitrogens with zero attached hydrogens (tertiary/aromatic N) is 1. The van der Waals surface area contributed by atoms with Gasteiger partial charge in [-0.1, -0.05) is 6.42 Å². The van der Waals surface area contributed by atoms with Gasteiger partial charge in [0.2, 0.25) is 5.91 Å². The van der Waals surface area contributed by atoms with Crippen molar-refractivity contribution in [3.63, 3.8) is 0 Å². The second kappa shape index (κ2) is 4.47. The van der Waals surface area contributed by atoms with Crippen molar-refractivity contribution in [1.29, 1.82) is 0 Å². The first-order valence-corrected chi connectivity index (χ1v) is 7.27. The summed E-state index contributed by atoms with van der Waals surface area (Å²) >= 11 is 0. The maximum Gasteiger partial charge on any atom is 0.326 e. The molecule has 5 nitrogen and oxygen atoms in total. The monoisotopic (exact) mass is 266 g/mol. The van der Waals surface area contributed by atoms with Crippen LogP contribution in [0, 0.1) is 17.3 Å². The van der Waals surface area contributed by atoms with Crippen molar-refractivity contribution in [1.82, 2.24) is 10.2 Å². The molecule has 3 aliphatic rings. The Labute approximate surface area is 113 Å². The normalized spacial score (nSPS) is 41.5. The number of aliphatic carboxylic acids is 1. The van der Waals surface area contributed by atoms with E-state index in [9.17, 15) is 14.7 Å². The number of carbonyl (C=O) groups is 2. The van der Waals surface area contributed by atoms with Crippen LogP contribution in [-0.2, 0) is 9.59 Å². The van der Waals surface area contributed by atoms with E-state index in [-0.39, 0.29) is 11.8 Å². The number of fused-ring (bicyclic) bond motifs is 1. The Balaban J connectivity index is 1.83. The molecule has 1 aliphatic carbocycles. The molecule has 3 fully saturated rings. The molecule has 1 saturated carbocycles. The highest BCUT2D eigenvalue weighted by Gasteiger charge is 2.52. The average molecular weight is 266 g/mol. The third-order valence-electron chi connectivity index (χ3n) is 5.29. The molecule has 2 N–H and O–H groups in total. The molecule has 5 heteroatoms. The Bertz CT molecular complexity index is 403. The summed E-state index contributed by atoms with van der Waals surface area (Å²) in [5, 5.41) is 12.7. The van der Waals surface area contributed by atoms with E-state index in [1.54, 1.807) is 4.90 Å². The van der Waals surface area contributed by atoms with Crippen LogP contribution in [0.3, 0.4) is 0 Å². The molecule has 1 amide bonds. The molecule has 19 heavy (non-hydrogen) atoms. The highest BCUT2D eigenvalue weighted by atomic mass is 16.4. The van der Waals surface area contributed by atoms with Crippen molar-refractivity contribution in [2.75, 3.05) is 19.6 Å². The first kappa shape index (κ1) is 12.9. The van der Waals surface area contributed by atoms with Crippen LogP contribution in [-0.4, -0.2) is 47.6 Å². The molecule has 4 unspecified atom stereocenters. The number of rotatable bonds is 2. The highest BCUT2D eigenvalue weighted by molar-refractivity contribution is 5.88. The molecule has 106 valence electrons. The summed E-state index contributed by atoms with van der Waals surface area (Å²) in [6, 6.07) is -0.586. The lowest BCUT2D eigenvalue weighted by atomic mass is 9.87. The minimum Gasteiger partial charge on any atom is -0.480 e. The Kier molecular flexibility index (Phi) is 3.04. The van der Waals surface area contributed by atoms with Crippen LogP contribution in [0.15, 0.2) is 0 Å². The van der Waals surface area contributed by atoms with Crippen molar-refractivity contribution >= 4 is 11.9 Å². The molecule has 0 radical (unpaired) electrons. The van der Waals surface area contributed by atoms with E-state index in [4.69, 9.17) is 0 Å². The largest absolute Gasteiger partial charge is 0.480 e. The van der Waals surface area contributed by atoms with Crippen LogP contribution in [0.25, 0.3) is 0 Å². The average Bonchev–Trinajstić information content (AvgIpc) is 3.01. The van der Waals surface area contributed by atoms with Gasteiger partial charge in [0.05, 0.1) is 5.41 Å². The van der Waals surface area contributed by atoms with E-state index in [1.165, 1.54) is 0 Å². The number of carboxylic acids is 1. The fourth-order valence-electron chi connectivity index (χ4n) is 4.18. The van der Waals surface area contributed by atoms with E-state index in [2.05, 4.69) is 5.32 Å². The Morgan fingerprint density at radius 2 is 2.16 bits per heavy atom. The number of hydrogen-bond acceptors (Lipinski definition) is 3. The number of likely N-dealkylation sites (tertiary alicyclic amines) is 1. The van der Waals surface area contributed by atoms with Gasteiger partial charge in [-0.05, 0) is 44.6 Å². The van der Waals surface area contributed by atoms with Gasteiger partial charge in [0, 0.05) is 13.1 Å². The van der Waals surface area contributed by atoms with Crippen LogP contribution in [0.4, 0.5) is 0 Å². The standard InChI is InChI=1S/C14H22N2O3/c1-14(5-6-15-8-14)13(19)16-7-9-3-2-4-10(9)11(16)12(17)18/h9-11,15H,2-8H2,1H3,(H,17,18). The van der Waals surface area contributed by atoms with Crippen molar-refractivity contribution in [3.8, 4) is 0 Å². The first-order valence-electron chi connectivity index (χ1n) is 7.27. The SMILES string of the molecule is CC1(C(=O)N2CC3CCCC3C2C(=O)O)CCNC1. The fourth-order valence-corrected chi connectivity index (χ4v) is 4.18. The maximum atomic E-state index is 12.7. The van der Waals surface area contributed by atoms with Gasteiger partial charge < -0.3 is 15.3 Å². The van der Waals surface area contributed by atoms with Crippen LogP contribution >= 0.6 is 0 Å². The quantitative estimate of drug-likeness (QED) is 0.772.